The summed E-state index contributed by atoms with van der Waals surface area (Å²) in [6.45, 7) is 4.43. The molecule has 2 rings (SSSR count). The van der Waals surface area contributed by atoms with Gasteiger partial charge in [0, 0.05) is 24.0 Å². The van der Waals surface area contributed by atoms with E-state index in [0.29, 0.717) is 42.3 Å². The van der Waals surface area contributed by atoms with Crippen molar-refractivity contribution in [3.05, 3.63) is 47.5 Å². The Bertz CT molecular complexity index is 927. The lowest BCUT2D eigenvalue weighted by Crippen LogP contribution is -2.20. The van der Waals surface area contributed by atoms with Gasteiger partial charge in [0.25, 0.3) is 0 Å². The summed E-state index contributed by atoms with van der Waals surface area (Å²) in [4.78, 5) is 23.8. The Morgan fingerprint density at radius 3 is 1.64 bits per heavy atom. The number of aromatic hydroxyl groups is 2. The summed E-state index contributed by atoms with van der Waals surface area (Å²) in [5, 5.41) is 27.8. The summed E-state index contributed by atoms with van der Waals surface area (Å²) in [5.41, 5.74) is 5.49. The first kappa shape index (κ1) is 25.2. The molecule has 10 heteroatoms. The molecule has 0 saturated carbocycles. The van der Waals surface area contributed by atoms with Gasteiger partial charge in [0.05, 0.1) is 25.6 Å². The highest BCUT2D eigenvalue weighted by Gasteiger charge is 2.08. The quantitative estimate of drug-likeness (QED) is 0.286. The average molecular weight is 456 g/mol. The monoisotopic (exact) mass is 456 g/mol. The molecule has 0 aliphatic heterocycles. The number of rotatable bonds is 12. The minimum absolute atomic E-state index is 0.0625. The van der Waals surface area contributed by atoms with Crippen molar-refractivity contribution in [1.29, 1.82) is 0 Å². The normalized spacial score (nSPS) is 11.0. The fourth-order valence-corrected chi connectivity index (χ4v) is 2.70. The minimum Gasteiger partial charge on any atom is -0.504 e. The van der Waals surface area contributed by atoms with Crippen molar-refractivity contribution < 1.29 is 29.3 Å². The van der Waals surface area contributed by atoms with Gasteiger partial charge in [-0.15, -0.1) is 0 Å². The summed E-state index contributed by atoms with van der Waals surface area (Å²) < 4.78 is 10.6. The van der Waals surface area contributed by atoms with Crippen molar-refractivity contribution in [3.8, 4) is 23.0 Å². The lowest BCUT2D eigenvalue weighted by atomic mass is 10.2. The molecular formula is C23H28N4O6. The van der Waals surface area contributed by atoms with Crippen molar-refractivity contribution in [2.45, 2.75) is 33.1 Å². The average Bonchev–Trinajstić information content (AvgIpc) is 2.79. The first-order valence-corrected chi connectivity index (χ1v) is 10.5. The van der Waals surface area contributed by atoms with Gasteiger partial charge in [0.15, 0.2) is 23.0 Å². The Kier molecular flexibility index (Phi) is 10.2. The standard InChI is InChI=1S/C23H28N4O6/c1-3-32-18-10-5-8-16(22(18)30)14-24-26-20(28)12-7-13-21(29)27-25-15-17-9-6-11-19(23(17)31)33-4-2/h5-6,8-11,14-15,30-31H,3-4,7,12-13H2,1-2H3,(H,26,28)(H,27,29). The number of para-hydroxylation sites is 2. The van der Waals surface area contributed by atoms with Gasteiger partial charge in [0.2, 0.25) is 11.8 Å². The van der Waals surface area contributed by atoms with Crippen LogP contribution in [-0.4, -0.2) is 47.7 Å². The topological polar surface area (TPSA) is 142 Å². The van der Waals surface area contributed by atoms with Crippen LogP contribution in [0, 0.1) is 0 Å². The van der Waals surface area contributed by atoms with Crippen LogP contribution in [0.15, 0.2) is 46.6 Å². The van der Waals surface area contributed by atoms with Gasteiger partial charge in [-0.2, -0.15) is 10.2 Å². The number of carbonyl (C=O) groups is 2. The van der Waals surface area contributed by atoms with Gasteiger partial charge in [-0.25, -0.2) is 10.9 Å². The molecule has 0 heterocycles. The van der Waals surface area contributed by atoms with E-state index in [1.807, 2.05) is 0 Å². The molecule has 0 aromatic heterocycles. The van der Waals surface area contributed by atoms with Crippen LogP contribution in [0.1, 0.15) is 44.2 Å². The van der Waals surface area contributed by atoms with Crippen molar-refractivity contribution in [2.75, 3.05) is 13.2 Å². The maximum Gasteiger partial charge on any atom is 0.240 e. The smallest absolute Gasteiger partial charge is 0.240 e. The van der Waals surface area contributed by atoms with Crippen LogP contribution in [0.25, 0.3) is 0 Å². The van der Waals surface area contributed by atoms with Gasteiger partial charge < -0.3 is 19.7 Å². The molecular weight excluding hydrogens is 428 g/mol. The second-order valence-corrected chi connectivity index (χ2v) is 6.69. The molecule has 0 atom stereocenters. The van der Waals surface area contributed by atoms with Crippen molar-refractivity contribution in [2.24, 2.45) is 10.2 Å². The number of nitrogens with one attached hydrogen (secondary N) is 2. The lowest BCUT2D eigenvalue weighted by Gasteiger charge is -2.07. The first-order chi connectivity index (χ1) is 16.0. The van der Waals surface area contributed by atoms with Gasteiger partial charge >= 0.3 is 0 Å². The minimum atomic E-state index is -0.374. The molecule has 0 bridgehead atoms. The van der Waals surface area contributed by atoms with Crippen LogP contribution in [0.5, 0.6) is 23.0 Å². The summed E-state index contributed by atoms with van der Waals surface area (Å²) in [7, 11) is 0. The zero-order valence-electron chi connectivity index (χ0n) is 18.6. The summed E-state index contributed by atoms with van der Waals surface area (Å²) in [5.74, 6) is -0.210. The van der Waals surface area contributed by atoms with Crippen LogP contribution < -0.4 is 20.3 Å². The molecule has 0 saturated heterocycles. The molecule has 0 fully saturated rings. The van der Waals surface area contributed by atoms with Crippen molar-refractivity contribution >= 4 is 24.2 Å². The third kappa shape index (κ3) is 8.17. The number of hydrogen-bond acceptors (Lipinski definition) is 8. The van der Waals surface area contributed by atoms with Crippen LogP contribution in [0.2, 0.25) is 0 Å². The van der Waals surface area contributed by atoms with Gasteiger partial charge in [0.1, 0.15) is 0 Å². The highest BCUT2D eigenvalue weighted by molar-refractivity contribution is 5.87. The molecule has 33 heavy (non-hydrogen) atoms. The van der Waals surface area contributed by atoms with Gasteiger partial charge in [-0.3, -0.25) is 9.59 Å². The number of phenols is 2. The molecule has 4 N–H and O–H groups in total. The summed E-state index contributed by atoms with van der Waals surface area (Å²) in [6.07, 6.45) is 3.08. The first-order valence-electron chi connectivity index (χ1n) is 10.5. The number of ether oxygens (including phenoxy) is 2. The second kappa shape index (κ2) is 13.4. The zero-order valence-corrected chi connectivity index (χ0v) is 18.6. The number of benzene rings is 2. The van der Waals surface area contributed by atoms with Crippen molar-refractivity contribution in [3.63, 3.8) is 0 Å². The van der Waals surface area contributed by atoms with Gasteiger partial charge in [-0.05, 0) is 44.5 Å². The van der Waals surface area contributed by atoms with E-state index in [-0.39, 0.29) is 36.2 Å². The lowest BCUT2D eigenvalue weighted by molar-refractivity contribution is -0.122. The number of carbonyl (C=O) groups excluding carboxylic acids is 2. The molecule has 0 unspecified atom stereocenters. The van der Waals surface area contributed by atoms with E-state index in [9.17, 15) is 19.8 Å². The number of phenolic OH excluding ortho intramolecular Hbond substituents is 2. The predicted octanol–water partition coefficient (Wildman–Crippen LogP) is 2.67. The van der Waals surface area contributed by atoms with Crippen LogP contribution in [0.3, 0.4) is 0 Å². The largest absolute Gasteiger partial charge is 0.504 e. The molecule has 0 radical (unpaired) electrons. The number of nitrogens with zero attached hydrogens (tertiary/aromatic N) is 2. The summed E-state index contributed by atoms with van der Waals surface area (Å²) in [6, 6.07) is 9.92. The maximum atomic E-state index is 11.9. The predicted molar refractivity (Wildman–Crippen MR) is 124 cm³/mol. The van der Waals surface area contributed by atoms with Crippen molar-refractivity contribution in [1.82, 2.24) is 10.9 Å². The van der Waals surface area contributed by atoms with E-state index in [1.54, 1.807) is 50.2 Å². The molecule has 10 nitrogen and oxygen atoms in total. The van der Waals surface area contributed by atoms with Crippen LogP contribution >= 0.6 is 0 Å². The molecule has 0 aliphatic rings. The van der Waals surface area contributed by atoms with Crippen LogP contribution in [-0.2, 0) is 9.59 Å². The van der Waals surface area contributed by atoms with E-state index in [0.717, 1.165) is 0 Å². The van der Waals surface area contributed by atoms with E-state index in [4.69, 9.17) is 9.47 Å². The number of amides is 2. The van der Waals surface area contributed by atoms with Gasteiger partial charge in [-0.1, -0.05) is 12.1 Å². The fraction of sp³-hybridized carbons (Fsp3) is 0.304. The van der Waals surface area contributed by atoms with E-state index in [2.05, 4.69) is 21.1 Å². The maximum absolute atomic E-state index is 11.9. The third-order valence-electron chi connectivity index (χ3n) is 4.25. The second-order valence-electron chi connectivity index (χ2n) is 6.69. The molecule has 2 aromatic rings. The highest BCUT2D eigenvalue weighted by Crippen LogP contribution is 2.29. The number of hydrogen-bond donors (Lipinski definition) is 4. The molecule has 0 spiro atoms. The molecule has 2 aromatic carbocycles. The summed E-state index contributed by atoms with van der Waals surface area (Å²) >= 11 is 0. The van der Waals surface area contributed by atoms with Crippen LogP contribution in [0.4, 0.5) is 0 Å². The Morgan fingerprint density at radius 2 is 1.24 bits per heavy atom. The van der Waals surface area contributed by atoms with E-state index < -0.39 is 0 Å². The number of hydrazone groups is 2. The van der Waals surface area contributed by atoms with E-state index >= 15 is 0 Å². The Labute approximate surface area is 191 Å². The highest BCUT2D eigenvalue weighted by atomic mass is 16.5. The van der Waals surface area contributed by atoms with E-state index in [1.165, 1.54) is 12.4 Å². The molecule has 2 amide bonds. The fourth-order valence-electron chi connectivity index (χ4n) is 2.70. The Balaban J connectivity index is 1.73. The SMILES string of the molecule is CCOc1cccc(C=NNC(=O)CCCC(=O)NN=Cc2cccc(OCC)c2O)c1O. The molecule has 176 valence electrons. The third-order valence-corrected chi connectivity index (χ3v) is 4.25. The Morgan fingerprint density at radius 1 is 0.818 bits per heavy atom. The Hall–Kier alpha value is -4.08. The molecule has 0 aliphatic carbocycles. The zero-order chi connectivity index (χ0) is 24.1.